The first-order chi connectivity index (χ1) is 6.58. The Bertz CT molecular complexity index is 538. The van der Waals surface area contributed by atoms with E-state index in [1.54, 1.807) is 3.58 Å². The summed E-state index contributed by atoms with van der Waals surface area (Å²) in [6.45, 7) is 8.73. The maximum atomic E-state index is 4.66. The summed E-state index contributed by atoms with van der Waals surface area (Å²) in [5, 5.41) is 2.59. The molecule has 0 aliphatic carbocycles. The molecule has 2 rings (SSSR count). The molecule has 0 fully saturated rings. The summed E-state index contributed by atoms with van der Waals surface area (Å²) in [7, 11) is 0. The van der Waals surface area contributed by atoms with Crippen LogP contribution in [0.3, 0.4) is 0 Å². The normalized spacial score (nSPS) is 15.1. The SMILES string of the molecule is CC1=IC(C)=c2c(C)cc(C)cc2=N1. The fourth-order valence-electron chi connectivity index (χ4n) is 1.92. The molecule has 0 saturated carbocycles. The molecule has 0 atom stereocenters. The third-order valence-corrected chi connectivity index (χ3v) is 4.73. The largest absolute Gasteiger partial charge is 0.247 e. The second-order valence-electron chi connectivity index (χ2n) is 3.71. The highest BCUT2D eigenvalue weighted by Crippen LogP contribution is 2.17. The Hall–Kier alpha value is -0.510. The van der Waals surface area contributed by atoms with E-state index in [0.717, 1.165) is 0 Å². The van der Waals surface area contributed by atoms with Crippen molar-refractivity contribution in [1.82, 2.24) is 0 Å². The van der Waals surface area contributed by atoms with Crippen LogP contribution in [0.25, 0.3) is 3.58 Å². The fourth-order valence-corrected chi connectivity index (χ4v) is 4.44. The summed E-state index contributed by atoms with van der Waals surface area (Å²) in [5.74, 6) is 0. The van der Waals surface area contributed by atoms with Crippen LogP contribution < -0.4 is 10.6 Å². The number of halogens is 1. The van der Waals surface area contributed by atoms with Gasteiger partial charge in [0.25, 0.3) is 0 Å². The average molecular weight is 299 g/mol. The van der Waals surface area contributed by atoms with Crippen molar-refractivity contribution in [2.24, 2.45) is 4.99 Å². The highest BCUT2D eigenvalue weighted by Gasteiger charge is 2.03. The second kappa shape index (κ2) is 3.57. The van der Waals surface area contributed by atoms with Crippen LogP contribution in [-0.4, -0.2) is 3.63 Å². The molecule has 0 unspecified atom stereocenters. The molecule has 1 aliphatic heterocycles. The minimum atomic E-state index is 0.0401. The van der Waals surface area contributed by atoms with Gasteiger partial charge in [-0.15, -0.1) is 0 Å². The topological polar surface area (TPSA) is 12.4 Å². The number of hydrogen-bond donors (Lipinski definition) is 0. The lowest BCUT2D eigenvalue weighted by molar-refractivity contribution is 1.24. The molecule has 0 aromatic heterocycles. The van der Waals surface area contributed by atoms with E-state index in [-0.39, 0.29) is 20.7 Å². The Labute approximate surface area is 94.3 Å². The molecular formula is C12H14IN. The van der Waals surface area contributed by atoms with Gasteiger partial charge in [0.2, 0.25) is 0 Å². The standard InChI is InChI=1S/C12H14IN/c1-7-5-8(2)12-9(3)13-10(4)14-11(12)6-7/h5-6H,1-4H3. The van der Waals surface area contributed by atoms with E-state index in [9.17, 15) is 0 Å². The smallest absolute Gasteiger partial charge is 0.0722 e. The molecule has 14 heavy (non-hydrogen) atoms. The summed E-state index contributed by atoms with van der Waals surface area (Å²) >= 11 is 0.0401. The van der Waals surface area contributed by atoms with Gasteiger partial charge >= 0.3 is 0 Å². The molecule has 0 spiro atoms. The van der Waals surface area contributed by atoms with Gasteiger partial charge in [-0.3, -0.25) is 0 Å². The van der Waals surface area contributed by atoms with Crippen molar-refractivity contribution in [3.63, 3.8) is 0 Å². The summed E-state index contributed by atoms with van der Waals surface area (Å²) < 4.78 is 2.89. The van der Waals surface area contributed by atoms with Crippen LogP contribution in [0.4, 0.5) is 0 Å². The number of nitrogens with zero attached hydrogens (tertiary/aromatic N) is 1. The number of aryl methyl sites for hydroxylation is 2. The molecule has 0 N–H and O–H groups in total. The van der Waals surface area contributed by atoms with Gasteiger partial charge in [0.05, 0.1) is 8.99 Å². The highest BCUT2D eigenvalue weighted by atomic mass is 127. The zero-order chi connectivity index (χ0) is 10.3. The minimum absolute atomic E-state index is 0.0401. The Morgan fingerprint density at radius 1 is 1.07 bits per heavy atom. The molecule has 1 nitrogen and oxygen atoms in total. The first kappa shape index (κ1) is 10.0. The van der Waals surface area contributed by atoms with Crippen molar-refractivity contribution in [2.75, 3.05) is 0 Å². The zero-order valence-electron chi connectivity index (χ0n) is 8.98. The van der Waals surface area contributed by atoms with Gasteiger partial charge < -0.3 is 0 Å². The summed E-state index contributed by atoms with van der Waals surface area (Å²) in [4.78, 5) is 4.66. The van der Waals surface area contributed by atoms with Gasteiger partial charge in [-0.2, -0.15) is 0 Å². The maximum absolute atomic E-state index is 4.66. The minimum Gasteiger partial charge on any atom is -0.247 e. The fraction of sp³-hybridized carbons (Fsp3) is 0.333. The van der Waals surface area contributed by atoms with Crippen molar-refractivity contribution in [3.05, 3.63) is 33.8 Å². The van der Waals surface area contributed by atoms with Gasteiger partial charge in [0.15, 0.2) is 0 Å². The molecule has 1 aromatic rings. The average Bonchev–Trinajstić information content (AvgIpc) is 1.99. The van der Waals surface area contributed by atoms with Crippen LogP contribution in [0, 0.1) is 13.8 Å². The van der Waals surface area contributed by atoms with Crippen LogP contribution in [0.1, 0.15) is 25.0 Å². The molecule has 1 aliphatic rings. The van der Waals surface area contributed by atoms with Crippen molar-refractivity contribution < 1.29 is 0 Å². The zero-order valence-corrected chi connectivity index (χ0v) is 11.1. The van der Waals surface area contributed by atoms with Crippen LogP contribution >= 0.6 is 20.7 Å². The molecule has 1 aromatic carbocycles. The Morgan fingerprint density at radius 2 is 1.79 bits per heavy atom. The molecule has 0 amide bonds. The molecule has 0 saturated heterocycles. The van der Waals surface area contributed by atoms with Gasteiger partial charge in [-0.05, 0) is 48.5 Å². The van der Waals surface area contributed by atoms with E-state index in [1.807, 2.05) is 0 Å². The lowest BCUT2D eigenvalue weighted by Gasteiger charge is -2.06. The molecule has 0 bridgehead atoms. The van der Waals surface area contributed by atoms with Crippen molar-refractivity contribution in [2.45, 2.75) is 27.7 Å². The third-order valence-electron chi connectivity index (χ3n) is 2.36. The summed E-state index contributed by atoms with van der Waals surface area (Å²) in [6.07, 6.45) is 0. The number of rotatable bonds is 0. The second-order valence-corrected chi connectivity index (χ2v) is 7.43. The lowest BCUT2D eigenvalue weighted by atomic mass is 10.1. The third kappa shape index (κ3) is 1.67. The lowest BCUT2D eigenvalue weighted by Crippen LogP contribution is -2.31. The van der Waals surface area contributed by atoms with Gasteiger partial charge in [0, 0.05) is 5.22 Å². The van der Waals surface area contributed by atoms with Crippen molar-refractivity contribution in [1.29, 1.82) is 0 Å². The number of hydrogen-bond acceptors (Lipinski definition) is 1. The molecular weight excluding hydrogens is 285 g/mol. The number of fused-ring (bicyclic) bond motifs is 1. The van der Waals surface area contributed by atoms with Crippen molar-refractivity contribution in [3.8, 4) is 0 Å². The summed E-state index contributed by atoms with van der Waals surface area (Å²) in [6, 6.07) is 4.44. The Kier molecular flexibility index (Phi) is 2.56. The molecule has 0 radical (unpaired) electrons. The maximum Gasteiger partial charge on any atom is 0.0722 e. The Balaban J connectivity index is 2.96. The van der Waals surface area contributed by atoms with Gasteiger partial charge in [-0.25, -0.2) is 4.99 Å². The quantitative estimate of drug-likeness (QED) is 0.651. The van der Waals surface area contributed by atoms with E-state index < -0.39 is 0 Å². The van der Waals surface area contributed by atoms with Gasteiger partial charge in [0.1, 0.15) is 0 Å². The molecule has 1 heterocycles. The Morgan fingerprint density at radius 3 is 2.50 bits per heavy atom. The van der Waals surface area contributed by atoms with Crippen LogP contribution in [0.15, 0.2) is 17.1 Å². The highest BCUT2D eigenvalue weighted by molar-refractivity contribution is 14.2. The molecule has 74 valence electrons. The van der Waals surface area contributed by atoms with Crippen LogP contribution in [-0.2, 0) is 0 Å². The van der Waals surface area contributed by atoms with E-state index in [1.165, 1.54) is 25.3 Å². The van der Waals surface area contributed by atoms with Crippen molar-refractivity contribution >= 4 is 27.9 Å². The van der Waals surface area contributed by atoms with E-state index in [4.69, 9.17) is 0 Å². The van der Waals surface area contributed by atoms with E-state index in [2.05, 4.69) is 44.8 Å². The van der Waals surface area contributed by atoms with Crippen LogP contribution in [0.5, 0.6) is 0 Å². The van der Waals surface area contributed by atoms with Gasteiger partial charge in [-0.1, -0.05) is 26.8 Å². The number of benzene rings is 1. The first-order valence-corrected chi connectivity index (χ1v) is 6.89. The monoisotopic (exact) mass is 299 g/mol. The van der Waals surface area contributed by atoms with E-state index >= 15 is 0 Å². The predicted octanol–water partition coefficient (Wildman–Crippen LogP) is 2.19. The molecule has 2 heteroatoms. The summed E-state index contributed by atoms with van der Waals surface area (Å²) in [5.41, 5.74) is 2.69. The first-order valence-electron chi connectivity index (χ1n) is 4.73. The van der Waals surface area contributed by atoms with E-state index in [0.29, 0.717) is 0 Å². The predicted molar refractivity (Wildman–Crippen MR) is 70.5 cm³/mol. The van der Waals surface area contributed by atoms with Crippen LogP contribution in [0.2, 0.25) is 0 Å².